The van der Waals surface area contributed by atoms with Crippen molar-refractivity contribution in [2.24, 2.45) is 16.5 Å². The Bertz CT molecular complexity index is 321. The molecule has 0 atom stereocenters. The minimum atomic E-state index is 0.0689. The molecule has 0 unspecified atom stereocenters. The number of aldehydes is 1. The van der Waals surface area contributed by atoms with E-state index in [1.807, 2.05) is 12.1 Å². The summed E-state index contributed by atoms with van der Waals surface area (Å²) in [5.41, 5.74) is 12.0. The molecule has 1 aromatic rings. The van der Waals surface area contributed by atoms with E-state index in [0.717, 1.165) is 11.8 Å². The lowest BCUT2D eigenvalue weighted by atomic mass is 10.1. The Morgan fingerprint density at radius 3 is 2.27 bits per heavy atom. The minimum absolute atomic E-state index is 0.0689. The van der Waals surface area contributed by atoms with Crippen LogP contribution in [0.25, 0.3) is 0 Å². The summed E-state index contributed by atoms with van der Waals surface area (Å²) in [5.74, 6) is 0.0689. The summed E-state index contributed by atoms with van der Waals surface area (Å²) in [6.45, 7) is 0.446. The van der Waals surface area contributed by atoms with Crippen LogP contribution in [-0.4, -0.2) is 16.9 Å². The first-order chi connectivity index (χ1) is 7.22. The van der Waals surface area contributed by atoms with Crippen molar-refractivity contribution in [3.8, 4) is 0 Å². The molecule has 0 spiro atoms. The van der Waals surface area contributed by atoms with Crippen molar-refractivity contribution in [1.29, 1.82) is 0 Å². The Hall–Kier alpha value is -1.59. The van der Waals surface area contributed by atoms with Crippen LogP contribution in [0.3, 0.4) is 0 Å². The number of rotatable bonds is 3. The molecule has 15 heavy (non-hydrogen) atoms. The highest BCUT2D eigenvalue weighted by atomic mass is 35.5. The lowest BCUT2D eigenvalue weighted by Gasteiger charge is -1.96. The van der Waals surface area contributed by atoms with E-state index in [0.29, 0.717) is 12.1 Å². The number of nitrogens with zero attached hydrogens (tertiary/aromatic N) is 1. The van der Waals surface area contributed by atoms with Crippen molar-refractivity contribution in [2.45, 2.75) is 6.54 Å². The summed E-state index contributed by atoms with van der Waals surface area (Å²) < 4.78 is 6.47. The number of carbonyl (C=O) groups excluding carboxylic acids is 1. The first kappa shape index (κ1) is 13.4. The van der Waals surface area contributed by atoms with Gasteiger partial charge in [0.2, 0.25) is 0 Å². The molecular formula is C9H12ClN3O2. The zero-order chi connectivity index (χ0) is 11.7. The van der Waals surface area contributed by atoms with Crippen LogP contribution in [-0.2, 0) is 6.54 Å². The third-order valence-corrected chi connectivity index (χ3v) is 1.56. The number of aliphatic imine (C=N–C) groups is 1. The molecule has 0 aliphatic carbocycles. The largest absolute Gasteiger partial charge is 0.370 e. The molecule has 5 N–H and O–H groups in total. The highest BCUT2D eigenvalue weighted by Gasteiger charge is 1.92. The topological polar surface area (TPSA) is 102 Å². The van der Waals surface area contributed by atoms with E-state index in [-0.39, 0.29) is 5.96 Å². The van der Waals surface area contributed by atoms with Crippen molar-refractivity contribution in [3.05, 3.63) is 35.4 Å². The first-order valence-corrected chi connectivity index (χ1v) is 4.32. The van der Waals surface area contributed by atoms with Crippen molar-refractivity contribution in [1.82, 2.24) is 0 Å². The zero-order valence-corrected chi connectivity index (χ0v) is 8.69. The quantitative estimate of drug-likeness (QED) is 0.397. The fourth-order valence-corrected chi connectivity index (χ4v) is 0.884. The van der Waals surface area contributed by atoms with Gasteiger partial charge < -0.3 is 11.5 Å². The molecule has 0 aromatic heterocycles. The fourth-order valence-electron chi connectivity index (χ4n) is 0.884. The van der Waals surface area contributed by atoms with E-state index in [1.54, 1.807) is 12.1 Å². The Balaban J connectivity index is 0.000000921. The van der Waals surface area contributed by atoms with Gasteiger partial charge in [-0.15, -0.1) is 0 Å². The van der Waals surface area contributed by atoms with Crippen molar-refractivity contribution < 1.29 is 9.45 Å². The van der Waals surface area contributed by atoms with E-state index >= 15 is 0 Å². The lowest BCUT2D eigenvalue weighted by Crippen LogP contribution is -2.22. The molecule has 0 radical (unpaired) electrons. The van der Waals surface area contributed by atoms with E-state index in [9.17, 15) is 4.79 Å². The molecule has 0 amide bonds. The average Bonchev–Trinajstić information content (AvgIpc) is 2.30. The lowest BCUT2D eigenvalue weighted by molar-refractivity contribution is 0.112. The second kappa shape index (κ2) is 7.78. The van der Waals surface area contributed by atoms with Gasteiger partial charge >= 0.3 is 0 Å². The summed E-state index contributed by atoms with van der Waals surface area (Å²) in [6, 6.07) is 7.08. The average molecular weight is 230 g/mol. The normalized spacial score (nSPS) is 8.40. The second-order valence-corrected chi connectivity index (χ2v) is 2.60. The maximum atomic E-state index is 10.3. The summed E-state index contributed by atoms with van der Waals surface area (Å²) >= 11 is 3.64. The van der Waals surface area contributed by atoms with Crippen LogP contribution in [0.5, 0.6) is 0 Å². The molecule has 0 heterocycles. The summed E-state index contributed by atoms with van der Waals surface area (Å²) in [6.07, 6.45) is 0.796. The Morgan fingerprint density at radius 1 is 1.33 bits per heavy atom. The van der Waals surface area contributed by atoms with Crippen molar-refractivity contribution in [2.75, 3.05) is 0 Å². The SMILES string of the molecule is NC(N)=NCc1ccc(C=O)cc1.OCl. The van der Waals surface area contributed by atoms with Gasteiger partial charge in [-0.2, -0.15) is 0 Å². The van der Waals surface area contributed by atoms with Gasteiger partial charge in [-0.25, -0.2) is 4.99 Å². The maximum absolute atomic E-state index is 10.3. The van der Waals surface area contributed by atoms with Gasteiger partial charge in [-0.3, -0.25) is 9.45 Å². The molecule has 0 saturated heterocycles. The summed E-state index contributed by atoms with van der Waals surface area (Å²) in [7, 11) is 0. The predicted molar refractivity (Wildman–Crippen MR) is 59.4 cm³/mol. The summed E-state index contributed by atoms with van der Waals surface area (Å²) in [4.78, 5) is 14.2. The van der Waals surface area contributed by atoms with E-state index in [1.165, 1.54) is 0 Å². The molecule has 6 heteroatoms. The van der Waals surface area contributed by atoms with Crippen molar-refractivity contribution in [3.63, 3.8) is 0 Å². The van der Waals surface area contributed by atoms with Crippen LogP contribution < -0.4 is 11.5 Å². The minimum Gasteiger partial charge on any atom is -0.370 e. The molecule has 1 rings (SSSR count). The number of hydrogen-bond acceptors (Lipinski definition) is 3. The standard InChI is InChI=1S/C9H11N3O.ClHO/c10-9(11)12-5-7-1-3-8(6-13)4-2-7;1-2/h1-4,6H,5H2,(H4,10,11,12);2H. The van der Waals surface area contributed by atoms with Gasteiger partial charge in [0.25, 0.3) is 0 Å². The van der Waals surface area contributed by atoms with Crippen LogP contribution >= 0.6 is 11.9 Å². The molecule has 82 valence electrons. The molecule has 1 aromatic carbocycles. The zero-order valence-electron chi connectivity index (χ0n) is 7.93. The van der Waals surface area contributed by atoms with Gasteiger partial charge in [-0.05, 0) is 5.56 Å². The van der Waals surface area contributed by atoms with Crippen LogP contribution in [0.15, 0.2) is 29.3 Å². The van der Waals surface area contributed by atoms with Gasteiger partial charge in [-0.1, -0.05) is 24.3 Å². The smallest absolute Gasteiger partial charge is 0.186 e. The van der Waals surface area contributed by atoms with Gasteiger partial charge in [0.05, 0.1) is 18.4 Å². The monoisotopic (exact) mass is 229 g/mol. The molecule has 0 bridgehead atoms. The van der Waals surface area contributed by atoms with Gasteiger partial charge in [0.15, 0.2) is 5.96 Å². The Kier molecular flexibility index (Phi) is 6.96. The van der Waals surface area contributed by atoms with Crippen LogP contribution in [0, 0.1) is 0 Å². The van der Waals surface area contributed by atoms with Gasteiger partial charge in [0.1, 0.15) is 6.29 Å². The van der Waals surface area contributed by atoms with Crippen LogP contribution in [0.4, 0.5) is 0 Å². The Labute approximate surface area is 92.5 Å². The van der Waals surface area contributed by atoms with E-state index in [4.69, 9.17) is 16.1 Å². The Morgan fingerprint density at radius 2 is 1.87 bits per heavy atom. The number of benzene rings is 1. The van der Waals surface area contributed by atoms with Crippen LogP contribution in [0.1, 0.15) is 15.9 Å². The molecule has 0 aliphatic heterocycles. The number of halogens is 1. The van der Waals surface area contributed by atoms with E-state index in [2.05, 4.69) is 16.9 Å². The molecule has 0 aliphatic rings. The van der Waals surface area contributed by atoms with Crippen molar-refractivity contribution >= 4 is 24.1 Å². The highest BCUT2D eigenvalue weighted by Crippen LogP contribution is 2.03. The molecule has 5 nitrogen and oxygen atoms in total. The van der Waals surface area contributed by atoms with Gasteiger partial charge in [0, 0.05) is 5.56 Å². The van der Waals surface area contributed by atoms with Crippen LogP contribution in [0.2, 0.25) is 0 Å². The maximum Gasteiger partial charge on any atom is 0.186 e. The predicted octanol–water partition coefficient (Wildman–Crippen LogP) is 0.405. The third-order valence-electron chi connectivity index (χ3n) is 1.56. The second-order valence-electron chi connectivity index (χ2n) is 2.60. The molecule has 0 saturated carbocycles. The number of carbonyl (C=O) groups is 1. The number of hydrogen-bond donors (Lipinski definition) is 3. The first-order valence-electron chi connectivity index (χ1n) is 3.99. The number of nitrogens with two attached hydrogens (primary N) is 2. The summed E-state index contributed by atoms with van der Waals surface area (Å²) in [5, 5.41) is 0. The highest BCUT2D eigenvalue weighted by molar-refractivity contribution is 6.04. The molecular weight excluding hydrogens is 218 g/mol. The third kappa shape index (κ3) is 5.66. The number of guanidine groups is 1. The van der Waals surface area contributed by atoms with E-state index < -0.39 is 0 Å². The fraction of sp³-hybridized carbons (Fsp3) is 0.111. The molecule has 0 fully saturated rings.